The number of amides is 2. The van der Waals surface area contributed by atoms with Gasteiger partial charge in [0.05, 0.1) is 5.75 Å². The molecule has 2 amide bonds. The third-order valence-corrected chi connectivity index (χ3v) is 7.13. The van der Waals surface area contributed by atoms with E-state index in [1.165, 1.54) is 31.2 Å². The molecule has 0 aromatic heterocycles. The summed E-state index contributed by atoms with van der Waals surface area (Å²) in [6, 6.07) is 16.2. The molecule has 32 heavy (non-hydrogen) atoms. The Morgan fingerprint density at radius 1 is 1.06 bits per heavy atom. The zero-order valence-electron chi connectivity index (χ0n) is 19.6. The van der Waals surface area contributed by atoms with Gasteiger partial charge < -0.3 is 5.32 Å². The van der Waals surface area contributed by atoms with Gasteiger partial charge in [-0.25, -0.2) is 0 Å². The largest absolute Gasteiger partial charge is 0.326 e. The van der Waals surface area contributed by atoms with Gasteiger partial charge in [-0.3, -0.25) is 14.5 Å². The summed E-state index contributed by atoms with van der Waals surface area (Å²) in [5.74, 6) is 1.11. The van der Waals surface area contributed by atoms with Crippen LogP contribution in [0.2, 0.25) is 0 Å². The normalized spacial score (nSPS) is 16.1. The maximum absolute atomic E-state index is 12.7. The number of thioether (sulfide) groups is 1. The molecule has 0 spiro atoms. The first-order valence-corrected chi connectivity index (χ1v) is 13.0. The lowest BCUT2D eigenvalue weighted by Crippen LogP contribution is -2.27. The van der Waals surface area contributed by atoms with Crippen molar-refractivity contribution in [3.05, 3.63) is 59.7 Å². The molecule has 1 N–H and O–H groups in total. The number of hydrogen-bond acceptors (Lipinski definition) is 3. The Balaban J connectivity index is 1.63. The second-order valence-corrected chi connectivity index (χ2v) is 9.93. The second-order valence-electron chi connectivity index (χ2n) is 8.86. The van der Waals surface area contributed by atoms with Gasteiger partial charge in [0, 0.05) is 17.8 Å². The summed E-state index contributed by atoms with van der Waals surface area (Å²) in [6.45, 7) is 6.55. The minimum atomic E-state index is -0.0807. The molecule has 1 fully saturated rings. The van der Waals surface area contributed by atoms with Crippen LogP contribution in [0.15, 0.2) is 48.5 Å². The molecule has 1 aliphatic heterocycles. The Kier molecular flexibility index (Phi) is 9.22. The van der Waals surface area contributed by atoms with Crippen molar-refractivity contribution in [2.24, 2.45) is 0 Å². The van der Waals surface area contributed by atoms with Crippen LogP contribution in [0, 0.1) is 0 Å². The SMILES string of the molecule is CCCCCCCCC(=O)Nc1cccc(C2SCC(=O)N2c2ccc(C(C)C)cc2)c1. The first kappa shape index (κ1) is 24.4. The van der Waals surface area contributed by atoms with E-state index in [1.807, 2.05) is 41.3 Å². The van der Waals surface area contributed by atoms with Gasteiger partial charge >= 0.3 is 0 Å². The van der Waals surface area contributed by atoms with E-state index in [0.717, 1.165) is 29.8 Å². The number of anilines is 2. The molecule has 5 heteroatoms. The van der Waals surface area contributed by atoms with Crippen molar-refractivity contribution in [1.82, 2.24) is 0 Å². The molecule has 1 saturated heterocycles. The molecule has 0 bridgehead atoms. The highest BCUT2D eigenvalue weighted by atomic mass is 32.2. The Labute approximate surface area is 197 Å². The Bertz CT molecular complexity index is 895. The summed E-state index contributed by atoms with van der Waals surface area (Å²) in [4.78, 5) is 26.9. The predicted octanol–water partition coefficient (Wildman–Crippen LogP) is 7.28. The van der Waals surface area contributed by atoms with E-state index in [0.29, 0.717) is 18.1 Å². The van der Waals surface area contributed by atoms with Crippen molar-refractivity contribution in [3.63, 3.8) is 0 Å². The molecule has 1 aliphatic rings. The van der Waals surface area contributed by atoms with Gasteiger partial charge in [-0.2, -0.15) is 0 Å². The van der Waals surface area contributed by atoms with Crippen LogP contribution in [0.4, 0.5) is 11.4 Å². The van der Waals surface area contributed by atoms with Crippen LogP contribution in [-0.4, -0.2) is 17.6 Å². The van der Waals surface area contributed by atoms with Crippen molar-refractivity contribution in [2.75, 3.05) is 16.0 Å². The quantitative estimate of drug-likeness (QED) is 0.365. The van der Waals surface area contributed by atoms with Crippen molar-refractivity contribution in [2.45, 2.75) is 77.0 Å². The van der Waals surface area contributed by atoms with Crippen molar-refractivity contribution in [1.29, 1.82) is 0 Å². The number of nitrogens with zero attached hydrogens (tertiary/aromatic N) is 1. The fraction of sp³-hybridized carbons (Fsp3) is 0.481. The third kappa shape index (κ3) is 6.61. The van der Waals surface area contributed by atoms with E-state index < -0.39 is 0 Å². The molecule has 1 atom stereocenters. The Morgan fingerprint density at radius 3 is 2.50 bits per heavy atom. The van der Waals surface area contributed by atoms with Crippen molar-refractivity contribution >= 4 is 35.0 Å². The fourth-order valence-electron chi connectivity index (χ4n) is 4.03. The lowest BCUT2D eigenvalue weighted by molar-refractivity contribution is -0.117. The average molecular weight is 453 g/mol. The number of benzene rings is 2. The fourth-order valence-corrected chi connectivity index (χ4v) is 5.20. The van der Waals surface area contributed by atoms with Crippen LogP contribution in [0.5, 0.6) is 0 Å². The van der Waals surface area contributed by atoms with Gasteiger partial charge in [0.1, 0.15) is 5.37 Å². The van der Waals surface area contributed by atoms with E-state index in [1.54, 1.807) is 11.8 Å². The molecule has 1 unspecified atom stereocenters. The number of nitrogens with one attached hydrogen (secondary N) is 1. The zero-order valence-corrected chi connectivity index (χ0v) is 20.4. The van der Waals surface area contributed by atoms with Crippen LogP contribution >= 0.6 is 11.8 Å². The van der Waals surface area contributed by atoms with Crippen LogP contribution < -0.4 is 10.2 Å². The lowest BCUT2D eigenvalue weighted by Gasteiger charge is -2.25. The highest BCUT2D eigenvalue weighted by Gasteiger charge is 2.34. The minimum absolute atomic E-state index is 0.0638. The minimum Gasteiger partial charge on any atom is -0.326 e. The topological polar surface area (TPSA) is 49.4 Å². The maximum atomic E-state index is 12.7. The van der Waals surface area contributed by atoms with Crippen LogP contribution in [0.25, 0.3) is 0 Å². The first-order valence-electron chi connectivity index (χ1n) is 11.9. The maximum Gasteiger partial charge on any atom is 0.238 e. The lowest BCUT2D eigenvalue weighted by atomic mass is 10.0. The molecule has 4 nitrogen and oxygen atoms in total. The number of carbonyl (C=O) groups is 2. The summed E-state index contributed by atoms with van der Waals surface area (Å²) < 4.78 is 0. The van der Waals surface area contributed by atoms with Gasteiger partial charge in [-0.05, 0) is 47.7 Å². The molecule has 2 aromatic carbocycles. The van der Waals surface area contributed by atoms with Crippen molar-refractivity contribution in [3.8, 4) is 0 Å². The summed E-state index contributed by atoms with van der Waals surface area (Å²) >= 11 is 1.63. The van der Waals surface area contributed by atoms with Gasteiger partial charge in [-0.15, -0.1) is 11.8 Å². The standard InChI is InChI=1S/C27H36N2O2S/c1-4-5-6-7-8-9-13-25(30)28-23-12-10-11-22(18-23)27-29(26(31)19-32-27)24-16-14-21(15-17-24)20(2)3/h10-12,14-18,20,27H,4-9,13,19H2,1-3H3,(H,28,30). The van der Waals surface area contributed by atoms with Crippen LogP contribution in [0.1, 0.15) is 88.1 Å². The predicted molar refractivity (Wildman–Crippen MR) is 136 cm³/mol. The zero-order chi connectivity index (χ0) is 22.9. The number of hydrogen-bond donors (Lipinski definition) is 1. The highest BCUT2D eigenvalue weighted by Crippen LogP contribution is 2.42. The van der Waals surface area contributed by atoms with Crippen molar-refractivity contribution < 1.29 is 9.59 Å². The smallest absolute Gasteiger partial charge is 0.238 e. The third-order valence-electron chi connectivity index (χ3n) is 5.92. The second kappa shape index (κ2) is 12.1. The van der Waals surface area contributed by atoms with E-state index >= 15 is 0 Å². The summed E-state index contributed by atoms with van der Waals surface area (Å²) in [6.07, 6.45) is 7.58. The summed E-state index contributed by atoms with van der Waals surface area (Å²) in [7, 11) is 0. The monoisotopic (exact) mass is 452 g/mol. The first-order chi connectivity index (χ1) is 15.5. The van der Waals surface area contributed by atoms with E-state index in [2.05, 4.69) is 38.2 Å². The molecular formula is C27H36N2O2S. The molecule has 0 saturated carbocycles. The van der Waals surface area contributed by atoms with Gasteiger partial charge in [-0.1, -0.05) is 77.1 Å². The average Bonchev–Trinajstić information content (AvgIpc) is 3.17. The van der Waals surface area contributed by atoms with Crippen LogP contribution in [0.3, 0.4) is 0 Å². The number of rotatable bonds is 11. The summed E-state index contributed by atoms with van der Waals surface area (Å²) in [5, 5.41) is 2.96. The van der Waals surface area contributed by atoms with E-state index in [-0.39, 0.29) is 17.2 Å². The number of carbonyl (C=O) groups excluding carboxylic acids is 2. The van der Waals surface area contributed by atoms with E-state index in [4.69, 9.17) is 0 Å². The molecule has 0 aliphatic carbocycles. The number of unbranched alkanes of at least 4 members (excludes halogenated alkanes) is 5. The Hall–Kier alpha value is -2.27. The summed E-state index contributed by atoms with van der Waals surface area (Å²) in [5.41, 5.74) is 4.02. The molecular weight excluding hydrogens is 416 g/mol. The van der Waals surface area contributed by atoms with E-state index in [9.17, 15) is 9.59 Å². The Morgan fingerprint density at radius 2 is 1.78 bits per heavy atom. The molecule has 1 heterocycles. The molecule has 172 valence electrons. The van der Waals surface area contributed by atoms with Gasteiger partial charge in [0.25, 0.3) is 0 Å². The molecule has 0 radical (unpaired) electrons. The van der Waals surface area contributed by atoms with Gasteiger partial charge in [0.2, 0.25) is 11.8 Å². The highest BCUT2D eigenvalue weighted by molar-refractivity contribution is 8.00. The molecule has 2 aromatic rings. The molecule has 3 rings (SSSR count). The van der Waals surface area contributed by atoms with Crippen LogP contribution in [-0.2, 0) is 9.59 Å². The van der Waals surface area contributed by atoms with Gasteiger partial charge in [0.15, 0.2) is 0 Å².